The molecule has 20 heavy (non-hydrogen) atoms. The first-order valence-electron chi connectivity index (χ1n) is 6.62. The second-order valence-corrected chi connectivity index (χ2v) is 4.83. The number of carbonyl (C=O) groups is 1. The first-order valence-corrected chi connectivity index (χ1v) is 6.62. The topological polar surface area (TPSA) is 44.9 Å². The van der Waals surface area contributed by atoms with Crippen molar-refractivity contribution in [2.24, 2.45) is 0 Å². The quantitative estimate of drug-likeness (QED) is 0.815. The van der Waals surface area contributed by atoms with Gasteiger partial charge in [0.25, 0.3) is 0 Å². The average Bonchev–Trinajstić information content (AvgIpc) is 2.76. The molecule has 3 heteroatoms. The van der Waals surface area contributed by atoms with Gasteiger partial charge < -0.3 is 10.3 Å². The minimum Gasteiger partial charge on any atom is -0.354 e. The molecule has 0 aliphatic carbocycles. The summed E-state index contributed by atoms with van der Waals surface area (Å²) in [6, 6.07) is 8.02. The SMILES string of the molecule is C=C1/C(=C\C=C/C)NC(=O)Cc2c1[nH]c1ccccc21. The Balaban J connectivity index is 2.21. The van der Waals surface area contributed by atoms with E-state index in [0.717, 1.165) is 33.4 Å². The van der Waals surface area contributed by atoms with Crippen LogP contribution in [-0.2, 0) is 11.2 Å². The Morgan fingerprint density at radius 2 is 2.10 bits per heavy atom. The smallest absolute Gasteiger partial charge is 0.228 e. The van der Waals surface area contributed by atoms with Crippen LogP contribution >= 0.6 is 0 Å². The number of carbonyl (C=O) groups excluding carboxylic acids is 1. The van der Waals surface area contributed by atoms with Crippen molar-refractivity contribution in [1.82, 2.24) is 10.3 Å². The third-order valence-corrected chi connectivity index (χ3v) is 3.51. The van der Waals surface area contributed by atoms with E-state index in [2.05, 4.69) is 16.9 Å². The van der Waals surface area contributed by atoms with E-state index in [0.29, 0.717) is 6.42 Å². The van der Waals surface area contributed by atoms with Crippen molar-refractivity contribution in [3.63, 3.8) is 0 Å². The Morgan fingerprint density at radius 3 is 2.90 bits per heavy atom. The van der Waals surface area contributed by atoms with Crippen molar-refractivity contribution in [2.75, 3.05) is 0 Å². The predicted molar refractivity (Wildman–Crippen MR) is 82.1 cm³/mol. The van der Waals surface area contributed by atoms with Crippen molar-refractivity contribution < 1.29 is 4.79 Å². The number of hydrogen-bond acceptors (Lipinski definition) is 1. The van der Waals surface area contributed by atoms with Crippen LogP contribution in [0.4, 0.5) is 0 Å². The molecule has 1 aromatic heterocycles. The molecule has 0 bridgehead atoms. The summed E-state index contributed by atoms with van der Waals surface area (Å²) in [7, 11) is 0. The second-order valence-electron chi connectivity index (χ2n) is 4.83. The molecule has 1 aliphatic rings. The number of amides is 1. The summed E-state index contributed by atoms with van der Waals surface area (Å²) >= 11 is 0. The van der Waals surface area contributed by atoms with Crippen molar-refractivity contribution >= 4 is 22.4 Å². The van der Waals surface area contributed by atoms with Crippen LogP contribution in [-0.4, -0.2) is 10.9 Å². The normalized spacial score (nSPS) is 17.6. The van der Waals surface area contributed by atoms with Gasteiger partial charge in [-0.2, -0.15) is 0 Å². The van der Waals surface area contributed by atoms with E-state index < -0.39 is 0 Å². The summed E-state index contributed by atoms with van der Waals surface area (Å²) in [5.74, 6) is -0.00888. The number of hydrogen-bond donors (Lipinski definition) is 2. The highest BCUT2D eigenvalue weighted by molar-refractivity contribution is 5.99. The van der Waals surface area contributed by atoms with Gasteiger partial charge in [-0.05, 0) is 24.6 Å². The Bertz CT molecular complexity index is 762. The molecule has 1 aliphatic heterocycles. The van der Waals surface area contributed by atoms with E-state index in [1.807, 2.05) is 49.4 Å². The average molecular weight is 264 g/mol. The van der Waals surface area contributed by atoms with Gasteiger partial charge in [-0.15, -0.1) is 0 Å². The Kier molecular flexibility index (Phi) is 3.03. The molecular formula is C17H16N2O. The lowest BCUT2D eigenvalue weighted by atomic mass is 10.0. The summed E-state index contributed by atoms with van der Waals surface area (Å²) < 4.78 is 0. The minimum atomic E-state index is -0.00888. The number of rotatable bonds is 1. The van der Waals surface area contributed by atoms with Gasteiger partial charge in [-0.1, -0.05) is 36.9 Å². The lowest BCUT2D eigenvalue weighted by Gasteiger charge is -2.07. The molecule has 1 aromatic carbocycles. The molecule has 0 fully saturated rings. The molecule has 0 saturated heterocycles. The lowest BCUT2D eigenvalue weighted by molar-refractivity contribution is -0.119. The molecule has 2 heterocycles. The van der Waals surface area contributed by atoms with Crippen LogP contribution < -0.4 is 5.32 Å². The summed E-state index contributed by atoms with van der Waals surface area (Å²) in [6.07, 6.45) is 6.06. The van der Waals surface area contributed by atoms with E-state index >= 15 is 0 Å². The molecule has 3 rings (SSSR count). The number of benzene rings is 1. The van der Waals surface area contributed by atoms with Gasteiger partial charge >= 0.3 is 0 Å². The molecule has 0 unspecified atom stereocenters. The number of fused-ring (bicyclic) bond motifs is 3. The highest BCUT2D eigenvalue weighted by Gasteiger charge is 2.23. The highest BCUT2D eigenvalue weighted by atomic mass is 16.1. The van der Waals surface area contributed by atoms with Crippen molar-refractivity contribution in [1.29, 1.82) is 0 Å². The van der Waals surface area contributed by atoms with E-state index in [1.54, 1.807) is 0 Å². The van der Waals surface area contributed by atoms with Gasteiger partial charge in [0.15, 0.2) is 0 Å². The van der Waals surface area contributed by atoms with Crippen LogP contribution in [0.2, 0.25) is 0 Å². The molecule has 0 atom stereocenters. The first-order chi connectivity index (χ1) is 9.70. The van der Waals surface area contributed by atoms with Gasteiger partial charge in [-0.25, -0.2) is 0 Å². The molecule has 2 aromatic rings. The Hall–Kier alpha value is -2.55. The highest BCUT2D eigenvalue weighted by Crippen LogP contribution is 2.31. The predicted octanol–water partition coefficient (Wildman–Crippen LogP) is 3.31. The third kappa shape index (κ3) is 1.97. The van der Waals surface area contributed by atoms with Crippen LogP contribution in [0.1, 0.15) is 18.2 Å². The molecule has 0 saturated carbocycles. The number of para-hydroxylation sites is 1. The number of aromatic nitrogens is 1. The number of aromatic amines is 1. The standard InChI is InChI=1S/C17H16N2O/c1-3-4-8-14-11(2)17-13(10-16(20)18-14)12-7-5-6-9-15(12)19-17/h3-9,19H,2,10H2,1H3,(H,18,20)/b4-3-,14-8+. The first kappa shape index (κ1) is 12.5. The molecule has 100 valence electrons. The molecule has 0 radical (unpaired) electrons. The molecule has 3 nitrogen and oxygen atoms in total. The summed E-state index contributed by atoms with van der Waals surface area (Å²) in [5, 5.41) is 4.00. The Morgan fingerprint density at radius 1 is 1.30 bits per heavy atom. The number of H-pyrrole nitrogens is 1. The fraction of sp³-hybridized carbons (Fsp3) is 0.118. The number of nitrogens with one attached hydrogen (secondary N) is 2. The van der Waals surface area contributed by atoms with Gasteiger partial charge in [0.05, 0.1) is 12.1 Å². The van der Waals surface area contributed by atoms with Gasteiger partial charge in [0.1, 0.15) is 0 Å². The zero-order chi connectivity index (χ0) is 14.1. The van der Waals surface area contributed by atoms with Crippen LogP contribution in [0.15, 0.2) is 54.8 Å². The molecule has 0 spiro atoms. The van der Waals surface area contributed by atoms with E-state index in [1.165, 1.54) is 0 Å². The molecule has 2 N–H and O–H groups in total. The summed E-state index contributed by atoms with van der Waals surface area (Å²) in [5.41, 5.74) is 4.57. The van der Waals surface area contributed by atoms with Crippen LogP contribution in [0.25, 0.3) is 16.5 Å². The molecule has 1 amide bonds. The third-order valence-electron chi connectivity index (χ3n) is 3.51. The fourth-order valence-corrected chi connectivity index (χ4v) is 2.54. The maximum absolute atomic E-state index is 12.1. The largest absolute Gasteiger partial charge is 0.354 e. The van der Waals surface area contributed by atoms with Crippen molar-refractivity contribution in [3.8, 4) is 0 Å². The van der Waals surface area contributed by atoms with Crippen LogP contribution in [0.3, 0.4) is 0 Å². The van der Waals surface area contributed by atoms with Gasteiger partial charge in [-0.3, -0.25) is 4.79 Å². The van der Waals surface area contributed by atoms with Gasteiger partial charge in [0, 0.05) is 22.2 Å². The van der Waals surface area contributed by atoms with E-state index in [-0.39, 0.29) is 5.91 Å². The maximum atomic E-state index is 12.1. The van der Waals surface area contributed by atoms with E-state index in [9.17, 15) is 4.79 Å². The van der Waals surface area contributed by atoms with E-state index in [4.69, 9.17) is 0 Å². The maximum Gasteiger partial charge on any atom is 0.228 e. The van der Waals surface area contributed by atoms with Crippen LogP contribution in [0, 0.1) is 0 Å². The van der Waals surface area contributed by atoms with Crippen LogP contribution in [0.5, 0.6) is 0 Å². The fourth-order valence-electron chi connectivity index (χ4n) is 2.54. The second kappa shape index (κ2) is 4.85. The lowest BCUT2D eigenvalue weighted by Crippen LogP contribution is -2.22. The van der Waals surface area contributed by atoms with Crippen molar-refractivity contribution in [2.45, 2.75) is 13.3 Å². The zero-order valence-corrected chi connectivity index (χ0v) is 11.4. The molecular weight excluding hydrogens is 248 g/mol. The Labute approximate surface area is 117 Å². The number of allylic oxidation sites excluding steroid dienone is 4. The summed E-state index contributed by atoms with van der Waals surface area (Å²) in [4.78, 5) is 15.5. The minimum absolute atomic E-state index is 0.00888. The summed E-state index contributed by atoms with van der Waals surface area (Å²) in [6.45, 7) is 6.07. The monoisotopic (exact) mass is 264 g/mol. The zero-order valence-electron chi connectivity index (χ0n) is 11.4. The van der Waals surface area contributed by atoms with Gasteiger partial charge in [0.2, 0.25) is 5.91 Å². The van der Waals surface area contributed by atoms with Crippen molar-refractivity contribution in [3.05, 3.63) is 66.0 Å².